The Hall–Kier alpha value is -2.65. The molecular formula is C29H42N6O3. The highest BCUT2D eigenvalue weighted by Gasteiger charge is 2.42. The maximum Gasteiger partial charge on any atom is 0.320 e. The van der Waals surface area contributed by atoms with E-state index >= 15 is 0 Å². The summed E-state index contributed by atoms with van der Waals surface area (Å²) in [6.07, 6.45) is 12.2. The number of nitrogens with zero attached hydrogens (tertiary/aromatic N) is 5. The summed E-state index contributed by atoms with van der Waals surface area (Å²) >= 11 is 0. The first-order valence-corrected chi connectivity index (χ1v) is 14.5. The van der Waals surface area contributed by atoms with E-state index in [1.807, 2.05) is 11.1 Å². The number of carbonyl (C=O) groups is 1. The minimum absolute atomic E-state index is 0.123. The van der Waals surface area contributed by atoms with Gasteiger partial charge >= 0.3 is 6.03 Å². The second kappa shape index (κ2) is 10.8. The molecule has 0 radical (unpaired) electrons. The highest BCUT2D eigenvalue weighted by Crippen LogP contribution is 2.43. The van der Waals surface area contributed by atoms with Crippen LogP contribution in [-0.2, 0) is 9.47 Å². The SMILES string of the molecule is COC[C@H](C)Nc1ncc2c(C3=C[C@H]4CC[C@@H](C3)N4C(=O)N3CCOCC3)cc(C3CCC(C)CC3)n2n1. The molecule has 2 bridgehead atoms. The number of nitrogens with one attached hydrogen (secondary N) is 1. The molecule has 0 spiro atoms. The Balaban J connectivity index is 1.32. The van der Waals surface area contributed by atoms with Crippen molar-refractivity contribution in [2.24, 2.45) is 5.92 Å². The second-order valence-electron chi connectivity index (χ2n) is 11.8. The van der Waals surface area contributed by atoms with Crippen molar-refractivity contribution in [2.75, 3.05) is 45.3 Å². The van der Waals surface area contributed by atoms with Gasteiger partial charge in [-0.15, -0.1) is 5.10 Å². The third-order valence-electron chi connectivity index (χ3n) is 9.01. The van der Waals surface area contributed by atoms with Crippen LogP contribution in [-0.4, -0.2) is 88.6 Å². The zero-order chi connectivity index (χ0) is 26.2. The number of hydrogen-bond acceptors (Lipinski definition) is 6. The predicted octanol–water partition coefficient (Wildman–Crippen LogP) is 4.54. The largest absolute Gasteiger partial charge is 0.383 e. The minimum atomic E-state index is 0.123. The van der Waals surface area contributed by atoms with Crippen molar-refractivity contribution < 1.29 is 14.3 Å². The Morgan fingerprint density at radius 2 is 1.97 bits per heavy atom. The fourth-order valence-electron chi connectivity index (χ4n) is 6.94. The Labute approximate surface area is 225 Å². The van der Waals surface area contributed by atoms with Crippen LogP contribution in [0.2, 0.25) is 0 Å². The molecule has 2 aromatic rings. The van der Waals surface area contributed by atoms with E-state index in [-0.39, 0.29) is 24.2 Å². The second-order valence-corrected chi connectivity index (χ2v) is 11.8. The average molecular weight is 523 g/mol. The first-order chi connectivity index (χ1) is 18.5. The normalized spacial score (nSPS) is 28.4. The minimum Gasteiger partial charge on any atom is -0.383 e. The average Bonchev–Trinajstić information content (AvgIpc) is 3.43. The summed E-state index contributed by atoms with van der Waals surface area (Å²) in [4.78, 5) is 22.2. The van der Waals surface area contributed by atoms with E-state index in [9.17, 15) is 4.79 Å². The summed E-state index contributed by atoms with van der Waals surface area (Å²) in [5.41, 5.74) is 4.95. The highest BCUT2D eigenvalue weighted by atomic mass is 16.5. The molecule has 3 aliphatic heterocycles. The highest BCUT2D eigenvalue weighted by molar-refractivity contribution is 5.83. The monoisotopic (exact) mass is 522 g/mol. The van der Waals surface area contributed by atoms with Gasteiger partial charge in [-0.3, -0.25) is 0 Å². The number of methoxy groups -OCH3 is 1. The number of hydrogen-bond donors (Lipinski definition) is 1. The lowest BCUT2D eigenvalue weighted by Gasteiger charge is -2.39. The number of morpholine rings is 1. The van der Waals surface area contributed by atoms with Gasteiger partial charge in [0.05, 0.1) is 37.6 Å². The smallest absolute Gasteiger partial charge is 0.320 e. The third-order valence-corrected chi connectivity index (χ3v) is 9.01. The molecule has 2 amide bonds. The van der Waals surface area contributed by atoms with Crippen LogP contribution in [0.25, 0.3) is 11.1 Å². The molecule has 6 rings (SSSR count). The fraction of sp³-hybridized carbons (Fsp3) is 0.690. The number of anilines is 1. The van der Waals surface area contributed by atoms with Gasteiger partial charge < -0.3 is 24.6 Å². The van der Waals surface area contributed by atoms with E-state index in [0.29, 0.717) is 44.8 Å². The Bertz CT molecular complexity index is 1180. The van der Waals surface area contributed by atoms with Crippen LogP contribution in [0, 0.1) is 5.92 Å². The molecule has 9 nitrogen and oxygen atoms in total. The molecule has 0 aromatic carbocycles. The van der Waals surface area contributed by atoms with E-state index in [2.05, 4.69) is 40.7 Å². The van der Waals surface area contributed by atoms with Crippen LogP contribution in [0.3, 0.4) is 0 Å². The molecule has 3 fully saturated rings. The van der Waals surface area contributed by atoms with Crippen LogP contribution in [0.1, 0.15) is 76.0 Å². The molecular weight excluding hydrogens is 480 g/mol. The van der Waals surface area contributed by atoms with Crippen molar-refractivity contribution >= 4 is 23.1 Å². The zero-order valence-electron chi connectivity index (χ0n) is 23.1. The van der Waals surface area contributed by atoms with E-state index in [1.54, 1.807) is 7.11 Å². The zero-order valence-corrected chi connectivity index (χ0v) is 23.1. The van der Waals surface area contributed by atoms with Gasteiger partial charge in [-0.25, -0.2) is 14.3 Å². The van der Waals surface area contributed by atoms with Gasteiger partial charge in [-0.05, 0) is 56.6 Å². The molecule has 2 saturated heterocycles. The van der Waals surface area contributed by atoms with Crippen molar-refractivity contribution in [1.82, 2.24) is 24.4 Å². The number of rotatable bonds is 6. The van der Waals surface area contributed by atoms with Gasteiger partial charge in [0.1, 0.15) is 0 Å². The van der Waals surface area contributed by atoms with Gasteiger partial charge in [-0.1, -0.05) is 25.8 Å². The molecule has 2 aromatic heterocycles. The molecule has 3 atom stereocenters. The molecule has 1 aliphatic carbocycles. The van der Waals surface area contributed by atoms with Crippen molar-refractivity contribution in [3.8, 4) is 0 Å². The van der Waals surface area contributed by atoms with Gasteiger partial charge in [0, 0.05) is 49.5 Å². The van der Waals surface area contributed by atoms with Crippen LogP contribution in [0.5, 0.6) is 0 Å². The maximum absolute atomic E-state index is 13.4. The van der Waals surface area contributed by atoms with Gasteiger partial charge in [0.25, 0.3) is 0 Å². The number of carbonyl (C=O) groups excluding carboxylic acids is 1. The van der Waals surface area contributed by atoms with E-state index in [4.69, 9.17) is 19.6 Å². The number of ether oxygens (including phenoxy) is 2. The van der Waals surface area contributed by atoms with Crippen molar-refractivity contribution in [3.63, 3.8) is 0 Å². The molecule has 206 valence electrons. The number of aromatic nitrogens is 3. The lowest BCUT2D eigenvalue weighted by atomic mass is 9.81. The Morgan fingerprint density at radius 1 is 1.18 bits per heavy atom. The molecule has 4 aliphatic rings. The molecule has 9 heteroatoms. The van der Waals surface area contributed by atoms with Crippen molar-refractivity contribution in [2.45, 2.75) is 82.8 Å². The molecule has 0 unspecified atom stereocenters. The number of amides is 2. The first kappa shape index (κ1) is 25.6. The molecule has 38 heavy (non-hydrogen) atoms. The fourth-order valence-corrected chi connectivity index (χ4v) is 6.94. The number of urea groups is 1. The third kappa shape index (κ3) is 4.91. The maximum atomic E-state index is 13.4. The quantitative estimate of drug-likeness (QED) is 0.600. The summed E-state index contributed by atoms with van der Waals surface area (Å²) in [5, 5.41) is 8.39. The van der Waals surface area contributed by atoms with Gasteiger partial charge in [0.2, 0.25) is 5.95 Å². The first-order valence-electron chi connectivity index (χ1n) is 14.5. The van der Waals surface area contributed by atoms with Gasteiger partial charge in [0.15, 0.2) is 0 Å². The van der Waals surface area contributed by atoms with E-state index in [0.717, 1.165) is 30.7 Å². The van der Waals surface area contributed by atoms with Crippen LogP contribution in [0.4, 0.5) is 10.7 Å². The van der Waals surface area contributed by atoms with E-state index in [1.165, 1.54) is 42.5 Å². The van der Waals surface area contributed by atoms with Crippen molar-refractivity contribution in [1.29, 1.82) is 0 Å². The molecule has 5 heterocycles. The molecule has 1 N–H and O–H groups in total. The Morgan fingerprint density at radius 3 is 2.71 bits per heavy atom. The Kier molecular flexibility index (Phi) is 7.31. The van der Waals surface area contributed by atoms with Crippen LogP contribution in [0.15, 0.2) is 18.3 Å². The predicted molar refractivity (Wildman–Crippen MR) is 147 cm³/mol. The van der Waals surface area contributed by atoms with E-state index < -0.39 is 0 Å². The summed E-state index contributed by atoms with van der Waals surface area (Å²) < 4.78 is 12.9. The summed E-state index contributed by atoms with van der Waals surface area (Å²) in [6.45, 7) is 7.69. The van der Waals surface area contributed by atoms with Crippen molar-refractivity contribution in [3.05, 3.63) is 29.6 Å². The summed E-state index contributed by atoms with van der Waals surface area (Å²) in [6, 6.07) is 3.10. The lowest BCUT2D eigenvalue weighted by molar-refractivity contribution is 0.0398. The molecule has 1 saturated carbocycles. The van der Waals surface area contributed by atoms with Crippen LogP contribution >= 0.6 is 0 Å². The van der Waals surface area contributed by atoms with Gasteiger partial charge in [-0.2, -0.15) is 0 Å². The standard InChI is InChI=1S/C29H42N6O3/c1-19-4-6-21(7-5-19)26-16-25(27-17-30-28(32-35(26)27)31-20(2)18-37-3)22-14-23-8-9-24(15-22)34(23)29(36)33-10-12-38-13-11-33/h14,16-17,19-21,23-24H,4-13,15,18H2,1-3H3,(H,31,32)/t19?,20-,21?,23+,24-/m0/s1. The summed E-state index contributed by atoms with van der Waals surface area (Å²) in [5.74, 6) is 1.94. The van der Waals surface area contributed by atoms with Crippen LogP contribution < -0.4 is 5.32 Å². The number of fused-ring (bicyclic) bond motifs is 3. The lowest BCUT2D eigenvalue weighted by Crippen LogP contribution is -2.52. The summed E-state index contributed by atoms with van der Waals surface area (Å²) in [7, 11) is 1.71. The topological polar surface area (TPSA) is 84.2 Å².